The number of hydrogen-bond donors (Lipinski definition) is 2. The standard InChI is InChI=1S/C16H18N2O5/c1-16(2,3)18-14(22)10-5-4-9(8-11(10)15(18)23)13(21)17-7-6-12(19)20/h4-5,8H,6-7H2,1-3H3,(H,17,21)(H,19,20). The molecule has 7 heteroatoms. The largest absolute Gasteiger partial charge is 0.481 e. The Labute approximate surface area is 133 Å². The van der Waals surface area contributed by atoms with Gasteiger partial charge in [-0.15, -0.1) is 0 Å². The molecule has 0 fully saturated rings. The van der Waals surface area contributed by atoms with Gasteiger partial charge in [-0.3, -0.25) is 24.1 Å². The number of aliphatic carboxylic acids is 1. The Morgan fingerprint density at radius 1 is 1.13 bits per heavy atom. The summed E-state index contributed by atoms with van der Waals surface area (Å²) in [7, 11) is 0. The first-order valence-corrected chi connectivity index (χ1v) is 7.16. The lowest BCUT2D eigenvalue weighted by Crippen LogP contribution is -2.45. The molecular formula is C16H18N2O5. The van der Waals surface area contributed by atoms with E-state index in [2.05, 4.69) is 5.32 Å². The molecule has 1 aromatic carbocycles. The second-order valence-electron chi connectivity index (χ2n) is 6.28. The van der Waals surface area contributed by atoms with E-state index in [4.69, 9.17) is 5.11 Å². The number of nitrogens with one attached hydrogen (secondary N) is 1. The molecule has 0 bridgehead atoms. The highest BCUT2D eigenvalue weighted by molar-refractivity contribution is 6.22. The van der Waals surface area contributed by atoms with Gasteiger partial charge in [-0.1, -0.05) is 0 Å². The number of amides is 3. The third kappa shape index (κ3) is 3.23. The number of benzene rings is 1. The van der Waals surface area contributed by atoms with Gasteiger partial charge in [0, 0.05) is 17.6 Å². The molecule has 1 heterocycles. The zero-order valence-corrected chi connectivity index (χ0v) is 13.2. The number of rotatable bonds is 4. The summed E-state index contributed by atoms with van der Waals surface area (Å²) in [6.45, 7) is 5.27. The molecule has 2 rings (SSSR count). The van der Waals surface area contributed by atoms with Gasteiger partial charge >= 0.3 is 5.97 Å². The van der Waals surface area contributed by atoms with Gasteiger partial charge in [-0.2, -0.15) is 0 Å². The van der Waals surface area contributed by atoms with Crippen molar-refractivity contribution in [2.75, 3.05) is 6.54 Å². The summed E-state index contributed by atoms with van der Waals surface area (Å²) < 4.78 is 0. The molecule has 0 saturated carbocycles. The normalized spacial score (nSPS) is 14.0. The van der Waals surface area contributed by atoms with Crippen LogP contribution in [0.4, 0.5) is 0 Å². The molecule has 3 amide bonds. The van der Waals surface area contributed by atoms with Crippen molar-refractivity contribution >= 4 is 23.7 Å². The summed E-state index contributed by atoms with van der Waals surface area (Å²) in [5.74, 6) is -2.31. The van der Waals surface area contributed by atoms with Gasteiger partial charge in [0.1, 0.15) is 0 Å². The second-order valence-corrected chi connectivity index (χ2v) is 6.28. The first-order valence-electron chi connectivity index (χ1n) is 7.16. The number of carboxylic acids is 1. The monoisotopic (exact) mass is 318 g/mol. The van der Waals surface area contributed by atoms with E-state index in [-0.39, 0.29) is 35.6 Å². The minimum absolute atomic E-state index is 0.00769. The van der Waals surface area contributed by atoms with Gasteiger partial charge in [0.05, 0.1) is 17.5 Å². The number of carbonyl (C=O) groups is 4. The van der Waals surface area contributed by atoms with E-state index in [1.54, 1.807) is 20.8 Å². The molecule has 7 nitrogen and oxygen atoms in total. The molecule has 23 heavy (non-hydrogen) atoms. The van der Waals surface area contributed by atoms with Gasteiger partial charge in [0.15, 0.2) is 0 Å². The first kappa shape index (κ1) is 16.7. The Bertz CT molecular complexity index is 703. The SMILES string of the molecule is CC(C)(C)N1C(=O)c2ccc(C(=O)NCCC(=O)O)cc2C1=O. The Balaban J connectivity index is 2.24. The van der Waals surface area contributed by atoms with Crippen LogP contribution in [0.5, 0.6) is 0 Å². The number of carboxylic acid groups (broad SMARTS) is 1. The molecule has 0 aliphatic carbocycles. The van der Waals surface area contributed by atoms with E-state index in [1.165, 1.54) is 23.1 Å². The number of nitrogens with zero attached hydrogens (tertiary/aromatic N) is 1. The predicted molar refractivity (Wildman–Crippen MR) is 81.3 cm³/mol. The molecule has 0 saturated heterocycles. The van der Waals surface area contributed by atoms with Gasteiger partial charge in [-0.25, -0.2) is 0 Å². The lowest BCUT2D eigenvalue weighted by atomic mass is 10.1. The number of fused-ring (bicyclic) bond motifs is 1. The highest BCUT2D eigenvalue weighted by Gasteiger charge is 2.42. The molecule has 122 valence electrons. The van der Waals surface area contributed by atoms with Crippen LogP contribution in [-0.4, -0.2) is 45.8 Å². The summed E-state index contributed by atoms with van der Waals surface area (Å²) in [5, 5.41) is 11.0. The number of imide groups is 1. The second kappa shape index (κ2) is 5.83. The maximum atomic E-state index is 12.4. The maximum Gasteiger partial charge on any atom is 0.305 e. The topological polar surface area (TPSA) is 104 Å². The summed E-state index contributed by atoms with van der Waals surface area (Å²) in [4.78, 5) is 48.3. The van der Waals surface area contributed by atoms with Crippen LogP contribution in [0.3, 0.4) is 0 Å². The Kier molecular flexibility index (Phi) is 4.22. The summed E-state index contributed by atoms with van der Waals surface area (Å²) in [6.07, 6.45) is -0.189. The van der Waals surface area contributed by atoms with Gasteiger partial charge in [-0.05, 0) is 39.0 Å². The molecule has 0 radical (unpaired) electrons. The minimum Gasteiger partial charge on any atom is -0.481 e. The summed E-state index contributed by atoms with van der Waals surface area (Å²) >= 11 is 0. The Morgan fingerprint density at radius 3 is 2.30 bits per heavy atom. The lowest BCUT2D eigenvalue weighted by molar-refractivity contribution is -0.136. The smallest absolute Gasteiger partial charge is 0.305 e. The number of hydrogen-bond acceptors (Lipinski definition) is 4. The number of carbonyl (C=O) groups excluding carboxylic acids is 3. The third-order valence-electron chi connectivity index (χ3n) is 3.44. The van der Waals surface area contributed by atoms with Crippen molar-refractivity contribution in [3.63, 3.8) is 0 Å². The lowest BCUT2D eigenvalue weighted by Gasteiger charge is -2.29. The minimum atomic E-state index is -1.01. The van der Waals surface area contributed by atoms with E-state index >= 15 is 0 Å². The zero-order chi connectivity index (χ0) is 17.4. The highest BCUT2D eigenvalue weighted by atomic mass is 16.4. The van der Waals surface area contributed by atoms with Crippen LogP contribution in [0.2, 0.25) is 0 Å². The molecule has 1 aliphatic rings. The predicted octanol–water partition coefficient (Wildman–Crippen LogP) is 1.29. The van der Waals surface area contributed by atoms with Crippen molar-refractivity contribution < 1.29 is 24.3 Å². The van der Waals surface area contributed by atoms with Gasteiger partial charge in [0.25, 0.3) is 17.7 Å². The fourth-order valence-electron chi connectivity index (χ4n) is 2.38. The zero-order valence-electron chi connectivity index (χ0n) is 13.2. The van der Waals surface area contributed by atoms with E-state index in [1.807, 2.05) is 0 Å². The van der Waals surface area contributed by atoms with Crippen molar-refractivity contribution in [3.05, 3.63) is 34.9 Å². The van der Waals surface area contributed by atoms with Crippen LogP contribution < -0.4 is 5.32 Å². The van der Waals surface area contributed by atoms with E-state index < -0.39 is 23.3 Å². The Hall–Kier alpha value is -2.70. The highest BCUT2D eigenvalue weighted by Crippen LogP contribution is 2.29. The molecular weight excluding hydrogens is 300 g/mol. The van der Waals surface area contributed by atoms with Crippen molar-refractivity contribution in [1.82, 2.24) is 10.2 Å². The van der Waals surface area contributed by atoms with Crippen LogP contribution >= 0.6 is 0 Å². The summed E-state index contributed by atoms with van der Waals surface area (Å²) in [5.41, 5.74) is 0.0192. The van der Waals surface area contributed by atoms with Crippen LogP contribution in [0.1, 0.15) is 58.3 Å². The van der Waals surface area contributed by atoms with Crippen molar-refractivity contribution in [3.8, 4) is 0 Å². The van der Waals surface area contributed by atoms with Crippen LogP contribution in [0, 0.1) is 0 Å². The Morgan fingerprint density at radius 2 is 1.74 bits per heavy atom. The molecule has 0 unspecified atom stereocenters. The van der Waals surface area contributed by atoms with Crippen molar-refractivity contribution in [2.45, 2.75) is 32.7 Å². The third-order valence-corrected chi connectivity index (χ3v) is 3.44. The van der Waals surface area contributed by atoms with Crippen LogP contribution in [-0.2, 0) is 4.79 Å². The molecule has 0 spiro atoms. The van der Waals surface area contributed by atoms with Gasteiger partial charge < -0.3 is 10.4 Å². The van der Waals surface area contributed by atoms with Crippen molar-refractivity contribution in [2.24, 2.45) is 0 Å². The maximum absolute atomic E-state index is 12.4. The molecule has 2 N–H and O–H groups in total. The fraction of sp³-hybridized carbons (Fsp3) is 0.375. The van der Waals surface area contributed by atoms with E-state index in [0.717, 1.165) is 0 Å². The van der Waals surface area contributed by atoms with Crippen LogP contribution in [0.25, 0.3) is 0 Å². The average molecular weight is 318 g/mol. The first-order chi connectivity index (χ1) is 10.6. The van der Waals surface area contributed by atoms with E-state index in [0.29, 0.717) is 0 Å². The van der Waals surface area contributed by atoms with E-state index in [9.17, 15) is 19.2 Å². The van der Waals surface area contributed by atoms with Crippen LogP contribution in [0.15, 0.2) is 18.2 Å². The average Bonchev–Trinajstić information content (AvgIpc) is 2.69. The fourth-order valence-corrected chi connectivity index (χ4v) is 2.38. The van der Waals surface area contributed by atoms with Crippen molar-refractivity contribution in [1.29, 1.82) is 0 Å². The molecule has 0 aromatic heterocycles. The summed E-state index contributed by atoms with van der Waals surface area (Å²) in [6, 6.07) is 4.27. The van der Waals surface area contributed by atoms with Gasteiger partial charge in [0.2, 0.25) is 0 Å². The molecule has 1 aromatic rings. The molecule has 1 aliphatic heterocycles. The molecule has 0 atom stereocenters. The quantitative estimate of drug-likeness (QED) is 0.814.